The summed E-state index contributed by atoms with van der Waals surface area (Å²) in [5, 5.41) is 22.8. The Morgan fingerprint density at radius 2 is 2.26 bits per heavy atom. The molecule has 0 fully saturated rings. The quantitative estimate of drug-likeness (QED) is 0.618. The number of amides is 1. The van der Waals surface area contributed by atoms with Gasteiger partial charge in [-0.25, -0.2) is 0 Å². The smallest absolute Gasteiger partial charge is 0.283 e. The summed E-state index contributed by atoms with van der Waals surface area (Å²) >= 11 is 3.13. The SMILES string of the molecule is CCC(O)CCNC(=O)c1ccc(Br)cc1[N+](=O)[O-]. The fraction of sp³-hybridized carbons (Fsp3) is 0.417. The van der Waals surface area contributed by atoms with E-state index in [0.717, 1.165) is 0 Å². The maximum Gasteiger partial charge on any atom is 0.283 e. The molecule has 6 nitrogen and oxygen atoms in total. The van der Waals surface area contributed by atoms with Crippen LogP contribution in [-0.4, -0.2) is 28.6 Å². The van der Waals surface area contributed by atoms with Gasteiger partial charge >= 0.3 is 0 Å². The van der Waals surface area contributed by atoms with Crippen LogP contribution in [0.1, 0.15) is 30.1 Å². The number of hydrogen-bond donors (Lipinski definition) is 2. The molecule has 0 bridgehead atoms. The van der Waals surface area contributed by atoms with E-state index < -0.39 is 16.9 Å². The van der Waals surface area contributed by atoms with Gasteiger partial charge in [0, 0.05) is 17.1 Å². The number of rotatable bonds is 6. The maximum absolute atomic E-state index is 11.8. The van der Waals surface area contributed by atoms with Crippen molar-refractivity contribution in [1.82, 2.24) is 5.32 Å². The third-order valence-electron chi connectivity index (χ3n) is 2.64. The number of hydrogen-bond acceptors (Lipinski definition) is 4. The molecule has 0 aliphatic heterocycles. The van der Waals surface area contributed by atoms with Crippen LogP contribution in [-0.2, 0) is 0 Å². The van der Waals surface area contributed by atoms with Gasteiger partial charge in [-0.1, -0.05) is 22.9 Å². The Bertz CT molecular complexity index is 479. The van der Waals surface area contributed by atoms with Crippen molar-refractivity contribution in [2.75, 3.05) is 6.54 Å². The van der Waals surface area contributed by atoms with Crippen LogP contribution in [0.25, 0.3) is 0 Å². The normalized spacial score (nSPS) is 11.9. The third kappa shape index (κ3) is 4.60. The highest BCUT2D eigenvalue weighted by Gasteiger charge is 2.20. The van der Waals surface area contributed by atoms with Crippen LogP contribution in [0, 0.1) is 10.1 Å². The number of halogens is 1. The number of carbonyl (C=O) groups is 1. The lowest BCUT2D eigenvalue weighted by Gasteiger charge is -2.09. The number of nitrogens with zero attached hydrogens (tertiary/aromatic N) is 1. The van der Waals surface area contributed by atoms with Crippen LogP contribution < -0.4 is 5.32 Å². The van der Waals surface area contributed by atoms with E-state index >= 15 is 0 Å². The number of nitro benzene ring substituents is 1. The van der Waals surface area contributed by atoms with Crippen LogP contribution >= 0.6 is 15.9 Å². The van der Waals surface area contributed by atoms with Gasteiger partial charge in [0.15, 0.2) is 0 Å². The predicted octanol–water partition coefficient (Wildman–Crippen LogP) is 2.25. The first-order chi connectivity index (χ1) is 8.95. The summed E-state index contributed by atoms with van der Waals surface area (Å²) in [5.41, 5.74) is -0.234. The molecule has 0 aliphatic rings. The fourth-order valence-corrected chi connectivity index (χ4v) is 1.85. The molecule has 19 heavy (non-hydrogen) atoms. The summed E-state index contributed by atoms with van der Waals surface area (Å²) in [5.74, 6) is -0.512. The molecule has 0 saturated heterocycles. The molecule has 1 rings (SSSR count). The molecule has 104 valence electrons. The summed E-state index contributed by atoms with van der Waals surface area (Å²) < 4.78 is 0.539. The minimum atomic E-state index is -0.597. The van der Waals surface area contributed by atoms with Gasteiger partial charge in [0.2, 0.25) is 0 Å². The summed E-state index contributed by atoms with van der Waals surface area (Å²) in [6.07, 6.45) is 0.557. The second-order valence-corrected chi connectivity index (χ2v) is 4.94. The lowest BCUT2D eigenvalue weighted by molar-refractivity contribution is -0.385. The Labute approximate surface area is 119 Å². The number of benzene rings is 1. The Balaban J connectivity index is 2.74. The summed E-state index contributed by atoms with van der Waals surface area (Å²) in [6.45, 7) is 2.12. The summed E-state index contributed by atoms with van der Waals surface area (Å²) in [6, 6.07) is 4.26. The molecule has 1 unspecified atom stereocenters. The van der Waals surface area contributed by atoms with Crippen molar-refractivity contribution in [2.45, 2.75) is 25.9 Å². The second kappa shape index (κ2) is 7.20. The highest BCUT2D eigenvalue weighted by atomic mass is 79.9. The van der Waals surface area contributed by atoms with Gasteiger partial charge in [0.05, 0.1) is 11.0 Å². The molecule has 0 saturated carbocycles. The molecule has 2 N–H and O–H groups in total. The van der Waals surface area contributed by atoms with Gasteiger partial charge in [0.25, 0.3) is 11.6 Å². The van der Waals surface area contributed by atoms with Crippen molar-refractivity contribution in [2.24, 2.45) is 0 Å². The highest BCUT2D eigenvalue weighted by Crippen LogP contribution is 2.23. The first-order valence-corrected chi connectivity index (χ1v) is 6.65. The number of nitrogens with one attached hydrogen (secondary N) is 1. The molecule has 1 aromatic rings. The minimum Gasteiger partial charge on any atom is -0.393 e. The van der Waals surface area contributed by atoms with Crippen molar-refractivity contribution in [3.8, 4) is 0 Å². The minimum absolute atomic E-state index is 0.0131. The van der Waals surface area contributed by atoms with Crippen molar-refractivity contribution < 1.29 is 14.8 Å². The lowest BCUT2D eigenvalue weighted by atomic mass is 10.1. The van der Waals surface area contributed by atoms with Gasteiger partial charge in [-0.2, -0.15) is 0 Å². The van der Waals surface area contributed by atoms with E-state index in [0.29, 0.717) is 17.3 Å². The monoisotopic (exact) mass is 330 g/mol. The second-order valence-electron chi connectivity index (χ2n) is 4.03. The fourth-order valence-electron chi connectivity index (χ4n) is 1.50. The molecule has 0 spiro atoms. The molecule has 1 atom stereocenters. The van der Waals surface area contributed by atoms with E-state index in [2.05, 4.69) is 21.2 Å². The topological polar surface area (TPSA) is 92.5 Å². The van der Waals surface area contributed by atoms with Crippen LogP contribution in [0.5, 0.6) is 0 Å². The molecular formula is C12H15BrN2O4. The van der Waals surface area contributed by atoms with Crippen LogP contribution in [0.15, 0.2) is 22.7 Å². The Kier molecular flexibility index (Phi) is 5.91. The van der Waals surface area contributed by atoms with Gasteiger partial charge < -0.3 is 10.4 Å². The average molecular weight is 331 g/mol. The molecule has 1 aromatic carbocycles. The van der Waals surface area contributed by atoms with E-state index in [1.165, 1.54) is 12.1 Å². The van der Waals surface area contributed by atoms with Gasteiger partial charge in [-0.05, 0) is 25.0 Å². The Hall–Kier alpha value is -1.47. The van der Waals surface area contributed by atoms with E-state index in [9.17, 15) is 20.0 Å². The summed E-state index contributed by atoms with van der Waals surface area (Å²) in [7, 11) is 0. The molecule has 0 aromatic heterocycles. The number of nitro groups is 1. The average Bonchev–Trinajstić information content (AvgIpc) is 2.38. The van der Waals surface area contributed by atoms with E-state index in [-0.39, 0.29) is 17.8 Å². The first-order valence-electron chi connectivity index (χ1n) is 5.86. The molecule has 7 heteroatoms. The maximum atomic E-state index is 11.8. The third-order valence-corrected chi connectivity index (χ3v) is 3.13. The number of aliphatic hydroxyl groups is 1. The van der Waals surface area contributed by atoms with Crippen molar-refractivity contribution >= 4 is 27.5 Å². The van der Waals surface area contributed by atoms with Gasteiger partial charge in [-0.15, -0.1) is 0 Å². The lowest BCUT2D eigenvalue weighted by Crippen LogP contribution is -2.27. The molecule has 0 heterocycles. The predicted molar refractivity (Wildman–Crippen MR) is 74.0 cm³/mol. The zero-order chi connectivity index (χ0) is 14.4. The molecule has 0 radical (unpaired) electrons. The van der Waals surface area contributed by atoms with Crippen molar-refractivity contribution in [3.63, 3.8) is 0 Å². The zero-order valence-corrected chi connectivity index (χ0v) is 12.0. The van der Waals surface area contributed by atoms with Gasteiger partial charge in [0.1, 0.15) is 5.56 Å². The van der Waals surface area contributed by atoms with Crippen molar-refractivity contribution in [1.29, 1.82) is 0 Å². The molecule has 1 amide bonds. The Morgan fingerprint density at radius 1 is 1.58 bits per heavy atom. The number of aliphatic hydroxyl groups excluding tert-OH is 1. The highest BCUT2D eigenvalue weighted by molar-refractivity contribution is 9.10. The largest absolute Gasteiger partial charge is 0.393 e. The van der Waals surface area contributed by atoms with Crippen molar-refractivity contribution in [3.05, 3.63) is 38.3 Å². The van der Waals surface area contributed by atoms with Crippen LogP contribution in [0.4, 0.5) is 5.69 Å². The standard InChI is InChI=1S/C12H15BrN2O4/c1-2-9(16)5-6-14-12(17)10-4-3-8(13)7-11(10)15(18)19/h3-4,7,9,16H,2,5-6H2,1H3,(H,14,17). The Morgan fingerprint density at radius 3 is 2.84 bits per heavy atom. The molecular weight excluding hydrogens is 316 g/mol. The molecule has 0 aliphatic carbocycles. The van der Waals surface area contributed by atoms with E-state index in [1.807, 2.05) is 6.92 Å². The zero-order valence-electron chi connectivity index (χ0n) is 10.4. The van der Waals surface area contributed by atoms with E-state index in [1.54, 1.807) is 6.07 Å². The summed E-state index contributed by atoms with van der Waals surface area (Å²) in [4.78, 5) is 22.1. The van der Waals surface area contributed by atoms with Crippen LogP contribution in [0.3, 0.4) is 0 Å². The first kappa shape index (κ1) is 15.6. The van der Waals surface area contributed by atoms with Gasteiger partial charge in [-0.3, -0.25) is 14.9 Å². The van der Waals surface area contributed by atoms with Crippen LogP contribution in [0.2, 0.25) is 0 Å². The number of carbonyl (C=O) groups excluding carboxylic acids is 1. The van der Waals surface area contributed by atoms with E-state index in [4.69, 9.17) is 0 Å².